The molecule has 1 fully saturated rings. The highest BCUT2D eigenvalue weighted by Crippen LogP contribution is 2.25. The molecule has 0 saturated carbocycles. The molecule has 0 bridgehead atoms. The summed E-state index contributed by atoms with van der Waals surface area (Å²) >= 11 is 0. The molecule has 0 unspecified atom stereocenters. The van der Waals surface area contributed by atoms with E-state index in [1.54, 1.807) is 49.4 Å². The zero-order valence-corrected chi connectivity index (χ0v) is 14.6. The van der Waals surface area contributed by atoms with E-state index in [0.717, 1.165) is 0 Å². The fourth-order valence-electron chi connectivity index (χ4n) is 2.92. The molecule has 2 aromatic carbocycles. The zero-order chi connectivity index (χ0) is 18.0. The number of nitrogens with one attached hydrogen (secondary N) is 1. The molecule has 1 aliphatic heterocycles. The van der Waals surface area contributed by atoms with Crippen LogP contribution < -0.4 is 9.62 Å². The topological polar surface area (TPSA) is 66.5 Å². The number of nitrogens with zero attached hydrogens (tertiary/aromatic N) is 1. The summed E-state index contributed by atoms with van der Waals surface area (Å²) in [6, 6.07) is 12.2. The van der Waals surface area contributed by atoms with E-state index in [1.807, 2.05) is 0 Å². The van der Waals surface area contributed by atoms with Crippen LogP contribution in [-0.4, -0.2) is 26.6 Å². The maximum Gasteiger partial charge on any atom is 0.251 e. The Morgan fingerprint density at radius 3 is 2.64 bits per heavy atom. The van der Waals surface area contributed by atoms with Crippen LogP contribution in [0.2, 0.25) is 0 Å². The van der Waals surface area contributed by atoms with Gasteiger partial charge >= 0.3 is 0 Å². The summed E-state index contributed by atoms with van der Waals surface area (Å²) in [5.74, 6) is -0.644. The average molecular weight is 362 g/mol. The van der Waals surface area contributed by atoms with Gasteiger partial charge in [-0.05, 0) is 37.6 Å². The highest BCUT2D eigenvalue weighted by Gasteiger charge is 2.28. The lowest BCUT2D eigenvalue weighted by Crippen LogP contribution is -2.28. The number of carbonyl (C=O) groups is 1. The van der Waals surface area contributed by atoms with E-state index in [0.29, 0.717) is 29.8 Å². The quantitative estimate of drug-likeness (QED) is 0.909. The maximum atomic E-state index is 13.8. The molecule has 0 radical (unpaired) electrons. The molecule has 1 heterocycles. The normalized spacial score (nSPS) is 17.3. The molecule has 132 valence electrons. The average Bonchev–Trinajstić information content (AvgIpc) is 2.94. The van der Waals surface area contributed by atoms with Gasteiger partial charge in [0.2, 0.25) is 10.0 Å². The third-order valence-electron chi connectivity index (χ3n) is 4.21. The number of anilines is 1. The van der Waals surface area contributed by atoms with Crippen LogP contribution in [0.3, 0.4) is 0 Å². The minimum absolute atomic E-state index is 0.119. The first kappa shape index (κ1) is 17.4. The van der Waals surface area contributed by atoms with E-state index in [-0.39, 0.29) is 17.5 Å². The first-order chi connectivity index (χ1) is 11.9. The third kappa shape index (κ3) is 3.66. The summed E-state index contributed by atoms with van der Waals surface area (Å²) in [4.78, 5) is 12.5. The van der Waals surface area contributed by atoms with Crippen molar-refractivity contribution in [1.29, 1.82) is 0 Å². The van der Waals surface area contributed by atoms with Crippen molar-refractivity contribution in [2.75, 3.05) is 16.6 Å². The Balaban J connectivity index is 1.79. The Labute approximate surface area is 146 Å². The molecule has 0 aromatic heterocycles. The van der Waals surface area contributed by atoms with Gasteiger partial charge in [0, 0.05) is 17.7 Å². The van der Waals surface area contributed by atoms with Crippen LogP contribution >= 0.6 is 0 Å². The summed E-state index contributed by atoms with van der Waals surface area (Å²) in [5.41, 5.74) is 1.21. The van der Waals surface area contributed by atoms with Gasteiger partial charge in [0.25, 0.3) is 5.91 Å². The van der Waals surface area contributed by atoms with Crippen LogP contribution in [-0.2, 0) is 10.0 Å². The second kappa shape index (κ2) is 6.84. The summed E-state index contributed by atoms with van der Waals surface area (Å²) in [6.45, 7) is 2.12. The first-order valence-electron chi connectivity index (χ1n) is 8.04. The van der Waals surface area contributed by atoms with Crippen molar-refractivity contribution in [2.45, 2.75) is 19.4 Å². The minimum Gasteiger partial charge on any atom is -0.345 e. The van der Waals surface area contributed by atoms with E-state index in [2.05, 4.69) is 5.32 Å². The lowest BCUT2D eigenvalue weighted by Gasteiger charge is -2.18. The van der Waals surface area contributed by atoms with Crippen LogP contribution in [0.25, 0.3) is 0 Å². The van der Waals surface area contributed by atoms with Crippen molar-refractivity contribution >= 4 is 21.6 Å². The molecule has 5 nitrogen and oxygen atoms in total. The number of hydrogen-bond acceptors (Lipinski definition) is 3. The maximum absolute atomic E-state index is 13.8. The SMILES string of the molecule is C[C@@H](NC(=O)c1cccc(N2CCCS2(=O)=O)c1)c1ccccc1F. The predicted octanol–water partition coefficient (Wildman–Crippen LogP) is 2.86. The van der Waals surface area contributed by atoms with Gasteiger partial charge in [-0.15, -0.1) is 0 Å². The number of amides is 1. The minimum atomic E-state index is -3.30. The smallest absolute Gasteiger partial charge is 0.251 e. The number of benzene rings is 2. The Hall–Kier alpha value is -2.41. The molecule has 1 aliphatic rings. The third-order valence-corrected chi connectivity index (χ3v) is 6.08. The molecule has 0 aliphatic carbocycles. The van der Waals surface area contributed by atoms with Gasteiger partial charge < -0.3 is 5.32 Å². The largest absolute Gasteiger partial charge is 0.345 e. The van der Waals surface area contributed by atoms with E-state index >= 15 is 0 Å². The van der Waals surface area contributed by atoms with Crippen molar-refractivity contribution in [3.8, 4) is 0 Å². The Morgan fingerprint density at radius 2 is 1.96 bits per heavy atom. The molecule has 1 amide bonds. The lowest BCUT2D eigenvalue weighted by atomic mass is 10.1. The van der Waals surface area contributed by atoms with E-state index < -0.39 is 16.1 Å². The number of halogens is 1. The number of hydrogen-bond donors (Lipinski definition) is 1. The standard InChI is InChI=1S/C18H19FN2O3S/c1-13(16-8-2-3-9-17(16)19)20-18(22)14-6-4-7-15(12-14)21-10-5-11-25(21,23)24/h2-4,6-9,12-13H,5,10-11H2,1H3,(H,20,22)/t13-/m1/s1. The van der Waals surface area contributed by atoms with Gasteiger partial charge in [-0.3, -0.25) is 9.10 Å². The van der Waals surface area contributed by atoms with Gasteiger partial charge in [-0.25, -0.2) is 12.8 Å². The van der Waals surface area contributed by atoms with E-state index in [1.165, 1.54) is 10.4 Å². The van der Waals surface area contributed by atoms with Crippen LogP contribution in [0, 0.1) is 5.82 Å². The molecule has 1 saturated heterocycles. The van der Waals surface area contributed by atoms with Gasteiger partial charge in [-0.2, -0.15) is 0 Å². The molecule has 25 heavy (non-hydrogen) atoms. The molecule has 1 N–H and O–H groups in total. The fourth-order valence-corrected chi connectivity index (χ4v) is 4.47. The molecule has 7 heteroatoms. The van der Waals surface area contributed by atoms with E-state index in [9.17, 15) is 17.6 Å². The predicted molar refractivity (Wildman–Crippen MR) is 94.5 cm³/mol. The fraction of sp³-hybridized carbons (Fsp3) is 0.278. The highest BCUT2D eigenvalue weighted by atomic mass is 32.2. The summed E-state index contributed by atoms with van der Waals surface area (Å²) in [5, 5.41) is 2.74. The Morgan fingerprint density at radius 1 is 1.20 bits per heavy atom. The van der Waals surface area contributed by atoms with Crippen molar-refractivity contribution in [3.05, 3.63) is 65.5 Å². The van der Waals surface area contributed by atoms with Crippen LogP contribution in [0.1, 0.15) is 35.3 Å². The number of sulfonamides is 1. The van der Waals surface area contributed by atoms with Crippen LogP contribution in [0.4, 0.5) is 10.1 Å². The first-order valence-corrected chi connectivity index (χ1v) is 9.65. The van der Waals surface area contributed by atoms with Gasteiger partial charge in [-0.1, -0.05) is 24.3 Å². The molecule has 0 spiro atoms. The van der Waals surface area contributed by atoms with Crippen LogP contribution in [0.15, 0.2) is 48.5 Å². The number of rotatable bonds is 4. The molecule has 3 rings (SSSR count). The molecular formula is C18H19FN2O3S. The molecule has 2 aromatic rings. The number of carbonyl (C=O) groups excluding carboxylic acids is 1. The van der Waals surface area contributed by atoms with Crippen molar-refractivity contribution in [1.82, 2.24) is 5.32 Å². The Kier molecular flexibility index (Phi) is 4.76. The van der Waals surface area contributed by atoms with Crippen LogP contribution in [0.5, 0.6) is 0 Å². The second-order valence-electron chi connectivity index (χ2n) is 6.01. The second-order valence-corrected chi connectivity index (χ2v) is 8.02. The molecule has 1 atom stereocenters. The van der Waals surface area contributed by atoms with Gasteiger partial charge in [0.15, 0.2) is 0 Å². The Bertz CT molecular complexity index is 899. The van der Waals surface area contributed by atoms with Gasteiger partial charge in [0.05, 0.1) is 17.5 Å². The summed E-state index contributed by atoms with van der Waals surface area (Å²) in [6.07, 6.45) is 0.572. The highest BCUT2D eigenvalue weighted by molar-refractivity contribution is 7.93. The summed E-state index contributed by atoms with van der Waals surface area (Å²) in [7, 11) is -3.30. The van der Waals surface area contributed by atoms with Crippen molar-refractivity contribution in [3.63, 3.8) is 0 Å². The molecular weight excluding hydrogens is 343 g/mol. The zero-order valence-electron chi connectivity index (χ0n) is 13.8. The lowest BCUT2D eigenvalue weighted by molar-refractivity contribution is 0.0939. The van der Waals surface area contributed by atoms with Crippen molar-refractivity contribution in [2.24, 2.45) is 0 Å². The summed E-state index contributed by atoms with van der Waals surface area (Å²) < 4.78 is 39.2. The monoisotopic (exact) mass is 362 g/mol. The van der Waals surface area contributed by atoms with Gasteiger partial charge in [0.1, 0.15) is 5.82 Å². The van der Waals surface area contributed by atoms with Crippen molar-refractivity contribution < 1.29 is 17.6 Å². The van der Waals surface area contributed by atoms with E-state index in [4.69, 9.17) is 0 Å².